The van der Waals surface area contributed by atoms with Gasteiger partial charge in [-0.2, -0.15) is 0 Å². The van der Waals surface area contributed by atoms with Gasteiger partial charge in [-0.05, 0) is 48.7 Å². The van der Waals surface area contributed by atoms with Crippen LogP contribution < -0.4 is 14.9 Å². The second-order valence-electron chi connectivity index (χ2n) is 7.03. The Labute approximate surface area is 169 Å². The second-order valence-corrected chi connectivity index (χ2v) is 8.59. The number of hydrogen-bond acceptors (Lipinski definition) is 4. The Bertz CT molecular complexity index is 1050. The lowest BCUT2D eigenvalue weighted by Crippen LogP contribution is -2.51. The van der Waals surface area contributed by atoms with E-state index in [1.807, 2.05) is 13.8 Å². The van der Waals surface area contributed by atoms with E-state index in [1.165, 1.54) is 17.0 Å². The Hall–Kier alpha value is -2.91. The van der Waals surface area contributed by atoms with Gasteiger partial charge in [-0.1, -0.05) is 25.1 Å². The van der Waals surface area contributed by atoms with Crippen LogP contribution in [-0.2, 0) is 14.8 Å². The number of nitrogens with two attached hydrogens (primary N) is 1. The van der Waals surface area contributed by atoms with Crippen molar-refractivity contribution in [2.24, 2.45) is 5.14 Å². The van der Waals surface area contributed by atoms with Gasteiger partial charge in [0.1, 0.15) is 0 Å². The molecule has 1 aliphatic rings. The van der Waals surface area contributed by atoms with Crippen LogP contribution in [0.25, 0.3) is 11.1 Å². The third-order valence-electron chi connectivity index (χ3n) is 4.89. The lowest BCUT2D eigenvalue weighted by atomic mass is 10.0. The minimum atomic E-state index is -3.79. The number of fused-ring (bicyclic) bond motifs is 1. The van der Waals surface area contributed by atoms with Gasteiger partial charge in [0, 0.05) is 13.0 Å². The van der Waals surface area contributed by atoms with E-state index in [-0.39, 0.29) is 23.4 Å². The van der Waals surface area contributed by atoms with Crippen molar-refractivity contribution in [3.63, 3.8) is 0 Å². The molecule has 3 rings (SSSR count). The van der Waals surface area contributed by atoms with Gasteiger partial charge in [0.15, 0.2) is 0 Å². The molecule has 1 heterocycles. The molecule has 1 aliphatic heterocycles. The van der Waals surface area contributed by atoms with E-state index in [4.69, 9.17) is 5.14 Å². The molecule has 3 N–H and O–H groups in total. The van der Waals surface area contributed by atoms with Crippen LogP contribution in [0.5, 0.6) is 0 Å². The van der Waals surface area contributed by atoms with Crippen LogP contribution in [0.2, 0.25) is 0 Å². The molecule has 154 valence electrons. The molecule has 2 aromatic rings. The second kappa shape index (κ2) is 7.84. The number of carbonyl (C=O) groups excluding carboxylic acids is 1. The molecule has 0 saturated carbocycles. The van der Waals surface area contributed by atoms with Gasteiger partial charge in [-0.3, -0.25) is 9.69 Å². The molecular formula is C20H23N3O5S. The monoisotopic (exact) mass is 417 g/mol. The highest BCUT2D eigenvalue weighted by atomic mass is 32.2. The lowest BCUT2D eigenvalue weighted by Gasteiger charge is -2.40. The summed E-state index contributed by atoms with van der Waals surface area (Å²) in [5, 5.41) is 14.8. The minimum absolute atomic E-state index is 0.00321. The normalized spacial score (nSPS) is 16.4. The predicted molar refractivity (Wildman–Crippen MR) is 110 cm³/mol. The molecule has 0 aliphatic carbocycles. The number of amides is 2. The van der Waals surface area contributed by atoms with Crippen molar-refractivity contribution in [3.8, 4) is 11.1 Å². The number of anilines is 2. The summed E-state index contributed by atoms with van der Waals surface area (Å²) >= 11 is 0. The maximum atomic E-state index is 12.6. The highest BCUT2D eigenvalue weighted by Gasteiger charge is 2.34. The van der Waals surface area contributed by atoms with Crippen molar-refractivity contribution in [1.29, 1.82) is 0 Å². The number of benzene rings is 2. The average Bonchev–Trinajstić information content (AvgIpc) is 2.66. The van der Waals surface area contributed by atoms with Crippen molar-refractivity contribution in [3.05, 3.63) is 42.5 Å². The first-order valence-electron chi connectivity index (χ1n) is 9.23. The van der Waals surface area contributed by atoms with E-state index in [1.54, 1.807) is 35.2 Å². The first-order valence-corrected chi connectivity index (χ1v) is 10.8. The Morgan fingerprint density at radius 3 is 2.28 bits per heavy atom. The zero-order chi connectivity index (χ0) is 21.3. The molecule has 0 radical (unpaired) electrons. The molecule has 0 spiro atoms. The molecule has 0 unspecified atom stereocenters. The van der Waals surface area contributed by atoms with Gasteiger partial charge in [-0.15, -0.1) is 0 Å². The number of sulfonamides is 1. The zero-order valence-electron chi connectivity index (χ0n) is 16.2. The summed E-state index contributed by atoms with van der Waals surface area (Å²) in [4.78, 5) is 27.3. The first-order chi connectivity index (χ1) is 13.6. The summed E-state index contributed by atoms with van der Waals surface area (Å²) < 4.78 is 22.9. The smallest absolute Gasteiger partial charge is 0.411 e. The topological polar surface area (TPSA) is 121 Å². The van der Waals surface area contributed by atoms with Gasteiger partial charge >= 0.3 is 6.09 Å². The number of hydrogen-bond donors (Lipinski definition) is 2. The van der Waals surface area contributed by atoms with Crippen LogP contribution in [-0.4, -0.2) is 38.1 Å². The molecule has 8 nitrogen and oxygen atoms in total. The third-order valence-corrected chi connectivity index (χ3v) is 5.82. The zero-order valence-corrected chi connectivity index (χ0v) is 17.0. The summed E-state index contributed by atoms with van der Waals surface area (Å²) in [6.45, 7) is 3.92. The van der Waals surface area contributed by atoms with Crippen LogP contribution in [0.15, 0.2) is 47.4 Å². The van der Waals surface area contributed by atoms with Gasteiger partial charge in [-0.25, -0.2) is 18.4 Å². The fourth-order valence-corrected chi connectivity index (χ4v) is 4.05. The SMILES string of the molecule is CCCC(=O)N1c2ccc(-c3ccc(S(N)(=O)=O)cc3)cc2N(C(=O)O)C[C@@H]1C. The number of carbonyl (C=O) groups is 2. The van der Waals surface area contributed by atoms with Gasteiger partial charge in [0.05, 0.1) is 22.3 Å². The van der Waals surface area contributed by atoms with E-state index < -0.39 is 16.1 Å². The molecule has 2 aromatic carbocycles. The average molecular weight is 417 g/mol. The van der Waals surface area contributed by atoms with Gasteiger partial charge in [0.25, 0.3) is 0 Å². The molecule has 0 aromatic heterocycles. The molecule has 0 bridgehead atoms. The van der Waals surface area contributed by atoms with Crippen LogP contribution in [0.3, 0.4) is 0 Å². The standard InChI is InChI=1S/C20H23N3O5S/c1-3-4-19(24)23-13(2)12-22(20(25)26)18-11-15(7-10-17(18)23)14-5-8-16(9-6-14)29(21,27)28/h5-11,13H,3-4,12H2,1-2H3,(H,25,26)(H2,21,27,28)/t13-/m0/s1. The summed E-state index contributed by atoms with van der Waals surface area (Å²) in [6.07, 6.45) is -0.00953. The van der Waals surface area contributed by atoms with E-state index >= 15 is 0 Å². The van der Waals surface area contributed by atoms with E-state index in [2.05, 4.69) is 0 Å². The number of carboxylic acid groups (broad SMARTS) is 1. The quantitative estimate of drug-likeness (QED) is 0.792. The summed E-state index contributed by atoms with van der Waals surface area (Å²) in [6, 6.07) is 11.0. The highest BCUT2D eigenvalue weighted by molar-refractivity contribution is 7.89. The maximum absolute atomic E-state index is 12.6. The van der Waals surface area contributed by atoms with Gasteiger partial charge < -0.3 is 10.0 Å². The Morgan fingerprint density at radius 2 is 1.72 bits per heavy atom. The number of nitrogens with zero attached hydrogens (tertiary/aromatic N) is 2. The third kappa shape index (κ3) is 4.10. The van der Waals surface area contributed by atoms with Crippen LogP contribution in [0, 0.1) is 0 Å². The molecule has 1 atom stereocenters. The lowest BCUT2D eigenvalue weighted by molar-refractivity contribution is -0.119. The summed E-state index contributed by atoms with van der Waals surface area (Å²) in [5.41, 5.74) is 2.38. The van der Waals surface area contributed by atoms with Crippen molar-refractivity contribution in [2.75, 3.05) is 16.3 Å². The Balaban J connectivity index is 2.08. The maximum Gasteiger partial charge on any atom is 0.411 e. The number of rotatable bonds is 4. The van der Waals surface area contributed by atoms with Crippen molar-refractivity contribution in [2.45, 2.75) is 37.6 Å². The molecule has 9 heteroatoms. The number of primary sulfonamides is 1. The Kier molecular flexibility index (Phi) is 5.63. The van der Waals surface area contributed by atoms with Crippen LogP contribution in [0.1, 0.15) is 26.7 Å². The summed E-state index contributed by atoms with van der Waals surface area (Å²) in [7, 11) is -3.79. The predicted octanol–water partition coefficient (Wildman–Crippen LogP) is 3.02. The molecule has 0 fully saturated rings. The van der Waals surface area contributed by atoms with E-state index in [9.17, 15) is 23.1 Å². The fraction of sp³-hybridized carbons (Fsp3) is 0.300. The fourth-order valence-electron chi connectivity index (χ4n) is 3.54. The minimum Gasteiger partial charge on any atom is -0.465 e. The first kappa shape index (κ1) is 20.8. The van der Waals surface area contributed by atoms with Crippen LogP contribution in [0.4, 0.5) is 16.2 Å². The van der Waals surface area contributed by atoms with Crippen molar-refractivity contribution in [1.82, 2.24) is 0 Å². The van der Waals surface area contributed by atoms with Crippen molar-refractivity contribution < 1.29 is 23.1 Å². The van der Waals surface area contributed by atoms with Crippen LogP contribution >= 0.6 is 0 Å². The van der Waals surface area contributed by atoms with Gasteiger partial charge in [0.2, 0.25) is 15.9 Å². The molecule has 29 heavy (non-hydrogen) atoms. The largest absolute Gasteiger partial charge is 0.465 e. The van der Waals surface area contributed by atoms with E-state index in [0.29, 0.717) is 35.3 Å². The Morgan fingerprint density at radius 1 is 1.10 bits per heavy atom. The summed E-state index contributed by atoms with van der Waals surface area (Å²) in [5.74, 6) is -0.0449. The molecule has 2 amide bonds. The van der Waals surface area contributed by atoms with E-state index in [0.717, 1.165) is 0 Å². The molecular weight excluding hydrogens is 394 g/mol. The van der Waals surface area contributed by atoms with Crippen molar-refractivity contribution >= 4 is 33.4 Å². The highest BCUT2D eigenvalue weighted by Crippen LogP contribution is 2.39. The molecule has 0 saturated heterocycles.